The molecule has 0 fully saturated rings. The zero-order valence-corrected chi connectivity index (χ0v) is 18.1. The summed E-state index contributed by atoms with van der Waals surface area (Å²) in [5.74, 6) is -0.685. The van der Waals surface area contributed by atoms with Crippen LogP contribution in [0.15, 0.2) is 48.5 Å². The number of nitrogens with one attached hydrogen (secondary N) is 3. The smallest absolute Gasteiger partial charge is 0.279 e. The van der Waals surface area contributed by atoms with Crippen LogP contribution in [0, 0.1) is 0 Å². The predicted molar refractivity (Wildman–Crippen MR) is 119 cm³/mol. The van der Waals surface area contributed by atoms with Crippen LogP contribution in [0.4, 0.5) is 0 Å². The molecule has 6 nitrogen and oxygen atoms in total. The molecule has 3 N–H and O–H groups in total. The molecule has 2 amide bonds. The van der Waals surface area contributed by atoms with Gasteiger partial charge in [0.1, 0.15) is 5.75 Å². The molecule has 2 aromatic carbocycles. The van der Waals surface area contributed by atoms with E-state index in [1.165, 1.54) is 19.1 Å². The number of hydrogen-bond donors (Lipinski definition) is 3. The van der Waals surface area contributed by atoms with E-state index in [4.69, 9.17) is 51.8 Å². The highest BCUT2D eigenvalue weighted by molar-refractivity contribution is 7.80. The van der Waals surface area contributed by atoms with Crippen LogP contribution in [0.25, 0.3) is 6.08 Å². The van der Waals surface area contributed by atoms with Gasteiger partial charge in [-0.1, -0.05) is 46.9 Å². The highest BCUT2D eigenvalue weighted by atomic mass is 35.5. The molecule has 1 unspecified atom stereocenters. The monoisotopic (exact) mass is 471 g/mol. The summed E-state index contributed by atoms with van der Waals surface area (Å²) in [7, 11) is 0. The molecule has 0 radical (unpaired) electrons. The maximum atomic E-state index is 12.1. The van der Waals surface area contributed by atoms with Gasteiger partial charge in [0, 0.05) is 16.1 Å². The van der Waals surface area contributed by atoms with E-state index < -0.39 is 17.9 Å². The number of thiocarbonyl (C=S) groups is 1. The van der Waals surface area contributed by atoms with Crippen LogP contribution in [0.3, 0.4) is 0 Å². The number of hydrogen-bond acceptors (Lipinski definition) is 4. The van der Waals surface area contributed by atoms with Gasteiger partial charge in [-0.3, -0.25) is 25.8 Å². The average Bonchev–Trinajstić information content (AvgIpc) is 2.67. The SMILES string of the molecule is CC(Oc1ccc(Cl)cc1Cl)C(=O)NNC(=S)NC(=O)/C=C/c1ccc(Cl)cc1. The van der Waals surface area contributed by atoms with Crippen LogP contribution in [0.1, 0.15) is 12.5 Å². The molecule has 0 bridgehead atoms. The van der Waals surface area contributed by atoms with E-state index in [9.17, 15) is 9.59 Å². The Balaban J connectivity index is 1.77. The summed E-state index contributed by atoms with van der Waals surface area (Å²) in [5.41, 5.74) is 5.56. The fourth-order valence-corrected chi connectivity index (χ4v) is 2.70. The molecule has 0 heterocycles. The fourth-order valence-electron chi connectivity index (χ4n) is 1.97. The maximum Gasteiger partial charge on any atom is 0.279 e. The van der Waals surface area contributed by atoms with Gasteiger partial charge in [-0.2, -0.15) is 0 Å². The number of hydrazine groups is 1. The van der Waals surface area contributed by atoms with Crippen LogP contribution in [-0.4, -0.2) is 23.0 Å². The van der Waals surface area contributed by atoms with E-state index in [0.717, 1.165) is 5.56 Å². The first-order valence-electron chi connectivity index (χ1n) is 8.21. The van der Waals surface area contributed by atoms with E-state index in [1.807, 2.05) is 0 Å². The third-order valence-electron chi connectivity index (χ3n) is 3.40. The highest BCUT2D eigenvalue weighted by Gasteiger charge is 2.16. The van der Waals surface area contributed by atoms with Crippen molar-refractivity contribution in [1.82, 2.24) is 16.2 Å². The quantitative estimate of drug-likeness (QED) is 0.346. The number of amides is 2. The summed E-state index contributed by atoms with van der Waals surface area (Å²) in [6, 6.07) is 11.6. The number of carbonyl (C=O) groups is 2. The van der Waals surface area contributed by atoms with Crippen LogP contribution < -0.4 is 20.9 Å². The van der Waals surface area contributed by atoms with E-state index in [-0.39, 0.29) is 10.1 Å². The lowest BCUT2D eigenvalue weighted by Crippen LogP contribution is -2.51. The molecular weight excluding hydrogens is 457 g/mol. The van der Waals surface area contributed by atoms with Crippen molar-refractivity contribution in [2.45, 2.75) is 13.0 Å². The zero-order valence-electron chi connectivity index (χ0n) is 15.0. The van der Waals surface area contributed by atoms with Gasteiger partial charge in [-0.05, 0) is 61.1 Å². The summed E-state index contributed by atoms with van der Waals surface area (Å²) < 4.78 is 5.48. The second-order valence-corrected chi connectivity index (χ2v) is 7.34. The van der Waals surface area contributed by atoms with Gasteiger partial charge in [0.2, 0.25) is 5.91 Å². The second kappa shape index (κ2) is 11.0. The minimum Gasteiger partial charge on any atom is -0.479 e. The Bertz CT molecular complexity index is 936. The molecule has 0 saturated heterocycles. The number of ether oxygens (including phenoxy) is 1. The number of benzene rings is 2. The first kappa shape index (κ1) is 23.0. The van der Waals surface area contributed by atoms with Crippen molar-refractivity contribution < 1.29 is 14.3 Å². The van der Waals surface area contributed by atoms with Gasteiger partial charge in [0.25, 0.3) is 5.91 Å². The van der Waals surface area contributed by atoms with E-state index in [2.05, 4.69) is 16.2 Å². The van der Waals surface area contributed by atoms with Crippen LogP contribution in [-0.2, 0) is 9.59 Å². The Hall–Kier alpha value is -2.32. The molecule has 0 aromatic heterocycles. The van der Waals surface area contributed by atoms with Gasteiger partial charge in [-0.25, -0.2) is 0 Å². The molecule has 0 saturated carbocycles. The average molecular weight is 473 g/mol. The summed E-state index contributed by atoms with van der Waals surface area (Å²) in [6.45, 7) is 1.53. The van der Waals surface area contributed by atoms with Crippen molar-refractivity contribution in [3.63, 3.8) is 0 Å². The molecule has 152 valence electrons. The molecule has 0 aliphatic heterocycles. The zero-order chi connectivity index (χ0) is 21.4. The molecule has 0 aliphatic rings. The predicted octanol–water partition coefficient (Wildman–Crippen LogP) is 4.15. The van der Waals surface area contributed by atoms with Gasteiger partial charge in [0.15, 0.2) is 11.2 Å². The minimum absolute atomic E-state index is 0.0826. The van der Waals surface area contributed by atoms with E-state index in [0.29, 0.717) is 15.8 Å². The molecule has 10 heteroatoms. The first-order valence-corrected chi connectivity index (χ1v) is 9.75. The van der Waals surface area contributed by atoms with Crippen molar-refractivity contribution in [2.24, 2.45) is 0 Å². The van der Waals surface area contributed by atoms with Crippen molar-refractivity contribution >= 4 is 70.0 Å². The van der Waals surface area contributed by atoms with Gasteiger partial charge in [-0.15, -0.1) is 0 Å². The third-order valence-corrected chi connectivity index (χ3v) is 4.39. The lowest BCUT2D eigenvalue weighted by molar-refractivity contribution is -0.128. The second-order valence-electron chi connectivity index (χ2n) is 5.65. The molecule has 0 spiro atoms. The number of rotatable bonds is 5. The maximum absolute atomic E-state index is 12.1. The Morgan fingerprint density at radius 3 is 2.34 bits per heavy atom. The molecule has 2 rings (SSSR count). The normalized spacial score (nSPS) is 11.6. The topological polar surface area (TPSA) is 79.5 Å². The largest absolute Gasteiger partial charge is 0.479 e. The molecule has 0 aliphatic carbocycles. The van der Waals surface area contributed by atoms with Crippen LogP contribution in [0.2, 0.25) is 15.1 Å². The summed E-state index contributed by atoms with van der Waals surface area (Å²) >= 11 is 22.6. The fraction of sp³-hybridized carbons (Fsp3) is 0.105. The van der Waals surface area contributed by atoms with Gasteiger partial charge in [0.05, 0.1) is 5.02 Å². The minimum atomic E-state index is -0.885. The van der Waals surface area contributed by atoms with E-state index in [1.54, 1.807) is 42.5 Å². The Morgan fingerprint density at radius 2 is 1.69 bits per heavy atom. The lowest BCUT2D eigenvalue weighted by atomic mass is 10.2. The first-order chi connectivity index (χ1) is 13.7. The summed E-state index contributed by atoms with van der Waals surface area (Å²) in [6.07, 6.45) is 2.01. The standard InChI is InChI=1S/C19H16Cl3N3O3S/c1-11(28-16-8-7-14(21)10-15(16)22)18(27)24-25-19(29)23-17(26)9-4-12-2-5-13(20)6-3-12/h2-11H,1H3,(H,24,27)(H2,23,25,26,29)/b9-4+. The third kappa shape index (κ3) is 7.91. The Labute approximate surface area is 188 Å². The van der Waals surface area contributed by atoms with Crippen molar-refractivity contribution in [3.05, 3.63) is 69.2 Å². The number of halogens is 3. The van der Waals surface area contributed by atoms with Crippen molar-refractivity contribution in [2.75, 3.05) is 0 Å². The van der Waals surface area contributed by atoms with Crippen molar-refractivity contribution in [1.29, 1.82) is 0 Å². The van der Waals surface area contributed by atoms with Gasteiger partial charge >= 0.3 is 0 Å². The Kier molecular flexibility index (Phi) is 8.72. The molecular formula is C19H16Cl3N3O3S. The Morgan fingerprint density at radius 1 is 1.03 bits per heavy atom. The highest BCUT2D eigenvalue weighted by Crippen LogP contribution is 2.28. The molecule has 2 aromatic rings. The van der Waals surface area contributed by atoms with Crippen molar-refractivity contribution in [3.8, 4) is 5.75 Å². The van der Waals surface area contributed by atoms with E-state index >= 15 is 0 Å². The number of carbonyl (C=O) groups excluding carboxylic acids is 2. The van der Waals surface area contributed by atoms with Crippen LogP contribution in [0.5, 0.6) is 5.75 Å². The van der Waals surface area contributed by atoms with Crippen LogP contribution >= 0.6 is 47.0 Å². The lowest BCUT2D eigenvalue weighted by Gasteiger charge is -2.16. The van der Waals surface area contributed by atoms with Gasteiger partial charge < -0.3 is 4.74 Å². The molecule has 29 heavy (non-hydrogen) atoms. The molecule has 1 atom stereocenters. The summed E-state index contributed by atoms with van der Waals surface area (Å²) in [4.78, 5) is 24.0. The summed E-state index contributed by atoms with van der Waals surface area (Å²) in [5, 5.41) is 3.65.